The van der Waals surface area contributed by atoms with Crippen LogP contribution in [0, 0.1) is 23.7 Å². The van der Waals surface area contributed by atoms with E-state index >= 15 is 0 Å². The van der Waals surface area contributed by atoms with Gasteiger partial charge in [-0.1, -0.05) is 67.0 Å². The van der Waals surface area contributed by atoms with Crippen molar-refractivity contribution >= 4 is 69.4 Å². The average molecular weight is 1540 g/mol. The molecule has 3 saturated heterocycles. The van der Waals surface area contributed by atoms with Gasteiger partial charge in [0.15, 0.2) is 0 Å². The Balaban J connectivity index is 0.000000150. The molecule has 0 aliphatic carbocycles. The summed E-state index contributed by atoms with van der Waals surface area (Å²) in [6.07, 6.45) is 18.3. The molecule has 3 N–H and O–H groups in total. The summed E-state index contributed by atoms with van der Waals surface area (Å²) in [6, 6.07) is 34.4. The molecule has 0 spiro atoms. The van der Waals surface area contributed by atoms with Crippen LogP contribution in [0.5, 0.6) is 17.6 Å². The molecule has 12 aromatic rings. The third-order valence-corrected chi connectivity index (χ3v) is 19.3. The molecule has 3 aromatic carbocycles. The van der Waals surface area contributed by atoms with E-state index in [9.17, 15) is 37.5 Å². The number of nitrogens with zero attached hydrogens (tertiary/aromatic N) is 15. The van der Waals surface area contributed by atoms with E-state index in [1.807, 2.05) is 70.4 Å². The van der Waals surface area contributed by atoms with E-state index in [4.69, 9.17) is 29.2 Å². The van der Waals surface area contributed by atoms with Crippen LogP contribution in [0.4, 0.5) is 26.2 Å². The molecule has 27 nitrogen and oxygen atoms in total. The third kappa shape index (κ3) is 17.4. The Hall–Kier alpha value is -14.1. The van der Waals surface area contributed by atoms with Crippen molar-refractivity contribution in [1.82, 2.24) is 72.8 Å². The fraction of sp³-hybridized carbons (Fsp3) is 0.259. The fourth-order valence-corrected chi connectivity index (χ4v) is 13.8. The minimum atomic E-state index is -3.05. The lowest BCUT2D eigenvalue weighted by Gasteiger charge is -2.14. The molecule has 3 atom stereocenters. The molecule has 29 heteroatoms. The Bertz CT molecular complexity index is 5690. The molecule has 114 heavy (non-hydrogen) atoms. The number of rotatable bonds is 20. The Morgan fingerprint density at radius 2 is 0.833 bits per heavy atom. The van der Waals surface area contributed by atoms with Crippen LogP contribution in [0.2, 0.25) is 0 Å². The summed E-state index contributed by atoms with van der Waals surface area (Å²) in [5, 5.41) is 8.16. The van der Waals surface area contributed by atoms with Gasteiger partial charge in [0.25, 0.3) is 35.5 Å². The maximum Gasteiger partial charge on any atom is 0.298 e. The van der Waals surface area contributed by atoms with Crippen LogP contribution in [-0.4, -0.2) is 167 Å². The number of benzene rings is 3. The summed E-state index contributed by atoms with van der Waals surface area (Å²) in [5.41, 5.74) is 7.98. The van der Waals surface area contributed by atoms with Gasteiger partial charge in [-0.3, -0.25) is 56.9 Å². The topological polar surface area (TPSA) is 305 Å². The van der Waals surface area contributed by atoms with E-state index in [1.54, 1.807) is 151 Å². The standard InChI is InChI=1S/C30H28F2N6O3.C28H26N6O3.C27H26N6O3/c1-4-6-25(39)37-14-12-21(18-37)28-36-27(23-16-33-17-26(38(23)28)41-5-2)19-7-9-20(10-8-19)29(40)35-24-15-22(11-13-34-24)30(3,31)32;1-3-7-24(35)33-15-13-21(18-33)27-32-26(22-16-29-17-25(34(22)27)37-4-2)19-9-11-20(12-10-19)28(36)31-23-8-5-6-14-30-23;1-3-23(34)32-14-12-20(17-32)26-31-25(21-15-28-16-24(33(21)26)36-4-2)18-8-10-19(11-9-18)27(35)30-22-7-5-6-13-29-22/h7-11,13,15-17,21H,5,12,14,18H2,1-3H3,(H,34,35,40);5-6,8-12,14,16-17,21H,4,13,15,18H2,1-2H3,(H,30,31,36);3,5-11,13,15-16,20H,1,4,12,14,17H2,2H3,(H,29,30,35)/t2*21-;20-/m111/s1. The molecule has 0 radical (unpaired) electrons. The highest BCUT2D eigenvalue weighted by molar-refractivity contribution is 6.06. The van der Waals surface area contributed by atoms with Crippen molar-refractivity contribution in [3.63, 3.8) is 0 Å². The SMILES string of the molecule is C=CC(=O)N1CC[C@@H](c2nc(-c3ccc(C(=O)Nc4ccccn4)cc3)c3cncc(OCC)n23)C1.CC#CC(=O)N1CC[C@@H](c2nc(-c3ccc(C(=O)Nc4cc(C(C)(F)F)ccn4)cc3)c3cncc(OCC)n23)C1.CC#CC(=O)N1CC[C@@H](c2nc(-c3ccc(C(=O)Nc4ccccn4)cc3)c3cncc(OCC)n23)C1. The van der Waals surface area contributed by atoms with Crippen LogP contribution in [0.25, 0.3) is 50.3 Å². The van der Waals surface area contributed by atoms with Crippen LogP contribution in [0.1, 0.15) is 133 Å². The number of aromatic nitrogens is 12. The number of nitrogens with one attached hydrogen (secondary N) is 3. The molecule has 3 aliphatic rings. The fourth-order valence-electron chi connectivity index (χ4n) is 13.8. The molecule has 3 fully saturated rings. The van der Waals surface area contributed by atoms with Crippen LogP contribution in [0.15, 0.2) is 190 Å². The van der Waals surface area contributed by atoms with E-state index in [0.717, 1.165) is 94.4 Å². The van der Waals surface area contributed by atoms with Gasteiger partial charge in [0, 0.05) is 121 Å². The van der Waals surface area contributed by atoms with E-state index in [0.29, 0.717) is 111 Å². The van der Waals surface area contributed by atoms with Gasteiger partial charge in [-0.25, -0.2) is 38.7 Å². The number of amides is 6. The smallest absolute Gasteiger partial charge is 0.298 e. The zero-order valence-corrected chi connectivity index (χ0v) is 63.4. The maximum atomic E-state index is 13.7. The maximum absolute atomic E-state index is 13.7. The van der Waals surface area contributed by atoms with Crippen molar-refractivity contribution in [1.29, 1.82) is 0 Å². The van der Waals surface area contributed by atoms with E-state index in [2.05, 4.69) is 76.1 Å². The molecule has 15 rings (SSSR count). The summed E-state index contributed by atoms with van der Waals surface area (Å²) in [7, 11) is 0. The van der Waals surface area contributed by atoms with Gasteiger partial charge in [-0.2, -0.15) is 0 Å². The summed E-state index contributed by atoms with van der Waals surface area (Å²) in [5.74, 6) is 11.3. The molecular weight excluding hydrogens is 1460 g/mol. The van der Waals surface area contributed by atoms with Crippen LogP contribution >= 0.6 is 0 Å². The highest BCUT2D eigenvalue weighted by Gasteiger charge is 2.36. The molecular formula is C85H80F2N18O9. The number of hydrogen-bond acceptors (Lipinski definition) is 18. The summed E-state index contributed by atoms with van der Waals surface area (Å²) in [4.78, 5) is 121. The quantitative estimate of drug-likeness (QED) is 0.0472. The largest absolute Gasteiger partial charge is 0.478 e. The Morgan fingerprint density at radius 1 is 0.482 bits per heavy atom. The van der Waals surface area contributed by atoms with Gasteiger partial charge in [0.1, 0.15) is 34.9 Å². The number of pyridine rings is 3. The van der Waals surface area contributed by atoms with Gasteiger partial charge >= 0.3 is 0 Å². The number of fused-ring (bicyclic) bond motifs is 3. The number of alkyl halides is 2. The normalized spacial score (nSPS) is 14.9. The highest BCUT2D eigenvalue weighted by Crippen LogP contribution is 2.39. The highest BCUT2D eigenvalue weighted by atomic mass is 19.3. The van der Waals surface area contributed by atoms with Crippen molar-refractivity contribution < 1.29 is 51.8 Å². The van der Waals surface area contributed by atoms with Gasteiger partial charge in [0.2, 0.25) is 23.5 Å². The Morgan fingerprint density at radius 3 is 1.17 bits per heavy atom. The predicted octanol–water partition coefficient (Wildman–Crippen LogP) is 12.6. The lowest BCUT2D eigenvalue weighted by Crippen LogP contribution is -2.27. The van der Waals surface area contributed by atoms with Crippen molar-refractivity contribution in [3.8, 4) is 75.1 Å². The van der Waals surface area contributed by atoms with Crippen molar-refractivity contribution in [3.05, 3.63) is 229 Å². The number of hydrogen-bond donors (Lipinski definition) is 3. The zero-order valence-electron chi connectivity index (χ0n) is 63.4. The van der Waals surface area contributed by atoms with Gasteiger partial charge < -0.3 is 44.9 Å². The number of carbonyl (C=O) groups is 6. The van der Waals surface area contributed by atoms with Crippen LogP contribution < -0.4 is 30.2 Å². The van der Waals surface area contributed by atoms with Crippen molar-refractivity contribution in [2.75, 3.05) is 75.0 Å². The number of ether oxygens (including phenoxy) is 3. The molecule has 12 heterocycles. The molecule has 0 unspecified atom stereocenters. The first-order valence-electron chi connectivity index (χ1n) is 37.1. The number of likely N-dealkylation sites (tertiary alicyclic amines) is 3. The van der Waals surface area contributed by atoms with Crippen molar-refractivity contribution in [2.24, 2.45) is 0 Å². The minimum absolute atomic E-state index is 0.0221. The predicted molar refractivity (Wildman–Crippen MR) is 424 cm³/mol. The van der Waals surface area contributed by atoms with Crippen LogP contribution in [-0.2, 0) is 20.3 Å². The van der Waals surface area contributed by atoms with E-state index in [1.165, 1.54) is 18.3 Å². The Labute approximate surface area is 655 Å². The molecule has 9 aromatic heterocycles. The number of carbonyl (C=O) groups excluding carboxylic acids is 6. The van der Waals surface area contributed by atoms with Gasteiger partial charge in [0.05, 0.1) is 90.6 Å². The monoisotopic (exact) mass is 1530 g/mol. The molecule has 0 bridgehead atoms. The summed E-state index contributed by atoms with van der Waals surface area (Å²) < 4.78 is 50.9. The second-order valence-electron chi connectivity index (χ2n) is 26.7. The van der Waals surface area contributed by atoms with Crippen LogP contribution in [0.3, 0.4) is 0 Å². The molecule has 0 saturated carbocycles. The average Bonchev–Trinajstić information content (AvgIpc) is 1.61. The first kappa shape index (κ1) is 78.0. The van der Waals surface area contributed by atoms with Crippen molar-refractivity contribution in [2.45, 2.75) is 84.5 Å². The van der Waals surface area contributed by atoms with Gasteiger partial charge in [-0.15, -0.1) is 0 Å². The number of halogens is 2. The Kier molecular flexibility index (Phi) is 24.2. The lowest BCUT2D eigenvalue weighted by molar-refractivity contribution is -0.125. The third-order valence-electron chi connectivity index (χ3n) is 19.3. The van der Waals surface area contributed by atoms with E-state index in [-0.39, 0.29) is 58.7 Å². The second kappa shape index (κ2) is 35.3. The first-order chi connectivity index (χ1) is 55.4. The number of anilines is 3. The minimum Gasteiger partial charge on any atom is -0.478 e. The second-order valence-corrected chi connectivity index (χ2v) is 26.7. The summed E-state index contributed by atoms with van der Waals surface area (Å²) >= 11 is 0. The zero-order chi connectivity index (χ0) is 80.0. The van der Waals surface area contributed by atoms with E-state index < -0.39 is 11.8 Å². The first-order valence-corrected chi connectivity index (χ1v) is 37.1. The summed E-state index contributed by atoms with van der Waals surface area (Å²) in [6.45, 7) is 18.3. The molecule has 3 aliphatic heterocycles. The lowest BCUT2D eigenvalue weighted by atomic mass is 10.1. The molecule has 578 valence electrons. The molecule has 6 amide bonds. The number of imidazole rings is 3. The van der Waals surface area contributed by atoms with Gasteiger partial charge in [-0.05, 0) is 145 Å².